The number of halogens is 1. The zero-order valence-corrected chi connectivity index (χ0v) is 9.85. The molecule has 1 rings (SSSR count). The lowest BCUT2D eigenvalue weighted by atomic mass is 10.0. The van der Waals surface area contributed by atoms with Gasteiger partial charge in [0.2, 0.25) is 0 Å². The minimum absolute atomic E-state index is 0.350. The van der Waals surface area contributed by atoms with E-state index in [1.807, 2.05) is 0 Å². The van der Waals surface area contributed by atoms with Crippen molar-refractivity contribution < 1.29 is 0 Å². The van der Waals surface area contributed by atoms with E-state index < -0.39 is 19.3 Å². The Morgan fingerprint density at radius 1 is 1.25 bits per heavy atom. The minimum atomic E-state index is -0.430. The lowest BCUT2D eigenvalue weighted by molar-refractivity contribution is 0.672. The summed E-state index contributed by atoms with van der Waals surface area (Å²) in [7, 11) is 5.98. The molecule has 0 nitrogen and oxygen atoms in total. The number of rotatable bonds is 3. The molecule has 0 unspecified atom stereocenters. The van der Waals surface area contributed by atoms with Crippen LogP contribution in [0.5, 0.6) is 0 Å². The topological polar surface area (TPSA) is 0 Å². The van der Waals surface area contributed by atoms with Crippen LogP contribution < -0.4 is 0 Å². The molecule has 0 atom stereocenters. The van der Waals surface area contributed by atoms with E-state index in [2.05, 4.69) is 44.2 Å². The van der Waals surface area contributed by atoms with Crippen molar-refractivity contribution in [3.05, 3.63) is 35.9 Å². The third-order valence-electron chi connectivity index (χ3n) is 1.89. The maximum Gasteiger partial charge on any atom is 0.507 e. The van der Waals surface area contributed by atoms with Crippen LogP contribution in [0.1, 0.15) is 19.4 Å². The van der Waals surface area contributed by atoms with Crippen LogP contribution in [0.3, 0.4) is 0 Å². The van der Waals surface area contributed by atoms with Gasteiger partial charge in [0.05, 0.1) is 0 Å². The molecule has 0 heterocycles. The minimum Gasteiger partial charge on any atom is -0.345 e. The van der Waals surface area contributed by atoms with Crippen LogP contribution in [0, 0.1) is 0 Å². The van der Waals surface area contributed by atoms with Gasteiger partial charge in [-0.1, -0.05) is 44.2 Å². The predicted octanol–water partition coefficient (Wildman–Crippen LogP) is 3.29. The molecule has 12 heavy (non-hydrogen) atoms. The normalized spacial score (nSPS) is 10.9. The molecular formula is C10H13ClMg. The van der Waals surface area contributed by atoms with Gasteiger partial charge in [-0.05, 0) is 12.0 Å². The lowest BCUT2D eigenvalue weighted by Gasteiger charge is -2.20. The third kappa shape index (κ3) is 3.34. The van der Waals surface area contributed by atoms with Gasteiger partial charge >= 0.3 is 19.3 Å². The van der Waals surface area contributed by atoms with Gasteiger partial charge in [-0.3, -0.25) is 0 Å². The number of hydrogen-bond acceptors (Lipinski definition) is 0. The Labute approximate surface area is 87.8 Å². The summed E-state index contributed by atoms with van der Waals surface area (Å²) in [5.74, 6) is 0. The maximum absolute atomic E-state index is 5.98. The summed E-state index contributed by atoms with van der Waals surface area (Å²) in [6.45, 7) is 4.50. The van der Waals surface area contributed by atoms with Gasteiger partial charge in [0.15, 0.2) is 0 Å². The smallest absolute Gasteiger partial charge is 0.345 e. The zero-order valence-electron chi connectivity index (χ0n) is 7.68. The second kappa shape index (κ2) is 4.49. The summed E-state index contributed by atoms with van der Waals surface area (Å²) >= 11 is -0.430. The SMILES string of the molecule is C[C](C)(Cc1ccccc1)[Mg][Cl]. The largest absolute Gasteiger partial charge is 0.507 e. The first-order valence-corrected chi connectivity index (χ1v) is 7.08. The summed E-state index contributed by atoms with van der Waals surface area (Å²) in [5.41, 5.74) is 1.40. The summed E-state index contributed by atoms with van der Waals surface area (Å²) in [4.78, 5) is 0. The van der Waals surface area contributed by atoms with Gasteiger partial charge in [0, 0.05) is 0 Å². The molecule has 1 aromatic carbocycles. The molecule has 1 aromatic rings. The zero-order chi connectivity index (χ0) is 9.03. The highest BCUT2D eigenvalue weighted by Gasteiger charge is 2.19. The molecule has 0 radical (unpaired) electrons. The van der Waals surface area contributed by atoms with E-state index in [1.165, 1.54) is 5.56 Å². The third-order valence-corrected chi connectivity index (χ3v) is 5.03. The van der Waals surface area contributed by atoms with Crippen LogP contribution in [-0.4, -0.2) is 19.3 Å². The van der Waals surface area contributed by atoms with Gasteiger partial charge in [-0.2, -0.15) is 0 Å². The van der Waals surface area contributed by atoms with E-state index in [9.17, 15) is 0 Å². The van der Waals surface area contributed by atoms with Crippen molar-refractivity contribution in [1.29, 1.82) is 0 Å². The quantitative estimate of drug-likeness (QED) is 0.646. The predicted molar refractivity (Wildman–Crippen MR) is 55.8 cm³/mol. The number of hydrogen-bond donors (Lipinski definition) is 0. The van der Waals surface area contributed by atoms with E-state index in [0.29, 0.717) is 3.54 Å². The second-order valence-electron chi connectivity index (χ2n) is 3.96. The van der Waals surface area contributed by atoms with Crippen molar-refractivity contribution in [3.63, 3.8) is 0 Å². The summed E-state index contributed by atoms with van der Waals surface area (Å²) in [5, 5.41) is 0. The van der Waals surface area contributed by atoms with Crippen LogP contribution >= 0.6 is 9.07 Å². The first kappa shape index (κ1) is 10.4. The van der Waals surface area contributed by atoms with Crippen molar-refractivity contribution in [3.8, 4) is 0 Å². The Bertz CT molecular complexity index is 231. The Morgan fingerprint density at radius 2 is 1.83 bits per heavy atom. The molecule has 0 amide bonds. The Balaban J connectivity index is 2.64. The van der Waals surface area contributed by atoms with E-state index in [0.717, 1.165) is 6.42 Å². The van der Waals surface area contributed by atoms with Crippen LogP contribution in [0.15, 0.2) is 30.3 Å². The maximum atomic E-state index is 5.98. The monoisotopic (exact) mass is 192 g/mol. The average molecular weight is 193 g/mol. The van der Waals surface area contributed by atoms with Crippen molar-refractivity contribution >= 4 is 28.3 Å². The standard InChI is InChI=1S/C10H13.ClH.Mg/c1-9(2)8-10-6-4-3-5-7-10;;/h3-7H,8H2,1-2H3;1H;/q;;+1/p-1. The van der Waals surface area contributed by atoms with Crippen LogP contribution in [-0.2, 0) is 6.42 Å². The van der Waals surface area contributed by atoms with E-state index in [-0.39, 0.29) is 0 Å². The molecule has 0 aliphatic carbocycles. The molecule has 2 heteroatoms. The molecular weight excluding hydrogens is 180 g/mol. The molecule has 0 aromatic heterocycles. The van der Waals surface area contributed by atoms with Gasteiger partial charge in [-0.15, -0.1) is 3.54 Å². The molecule has 0 aliphatic rings. The van der Waals surface area contributed by atoms with Crippen LogP contribution in [0.25, 0.3) is 0 Å². The van der Waals surface area contributed by atoms with Gasteiger partial charge in [0.25, 0.3) is 0 Å². The van der Waals surface area contributed by atoms with Crippen molar-refractivity contribution in [2.24, 2.45) is 0 Å². The van der Waals surface area contributed by atoms with Crippen molar-refractivity contribution in [1.82, 2.24) is 0 Å². The fourth-order valence-corrected chi connectivity index (χ4v) is 1.86. The molecule has 0 spiro atoms. The van der Waals surface area contributed by atoms with Gasteiger partial charge in [-0.25, -0.2) is 0 Å². The van der Waals surface area contributed by atoms with Crippen LogP contribution in [0.2, 0.25) is 3.54 Å². The highest BCUT2D eigenvalue weighted by Crippen LogP contribution is 2.28. The Hall–Kier alpha value is 0.276. The van der Waals surface area contributed by atoms with Gasteiger partial charge in [0.1, 0.15) is 0 Å². The van der Waals surface area contributed by atoms with E-state index in [4.69, 9.17) is 9.07 Å². The first-order valence-electron chi connectivity index (χ1n) is 4.24. The van der Waals surface area contributed by atoms with Gasteiger partial charge < -0.3 is 9.07 Å². The summed E-state index contributed by atoms with van der Waals surface area (Å²) in [6, 6.07) is 10.6. The van der Waals surface area contributed by atoms with Crippen molar-refractivity contribution in [2.75, 3.05) is 0 Å². The summed E-state index contributed by atoms with van der Waals surface area (Å²) in [6.07, 6.45) is 1.11. The second-order valence-corrected chi connectivity index (χ2v) is 6.94. The molecule has 0 N–H and O–H groups in total. The number of benzene rings is 1. The average Bonchev–Trinajstić information content (AvgIpc) is 2.06. The molecule has 62 valence electrons. The molecule has 0 fully saturated rings. The summed E-state index contributed by atoms with van der Waals surface area (Å²) < 4.78 is 0.350. The van der Waals surface area contributed by atoms with Crippen LogP contribution in [0.4, 0.5) is 0 Å². The first-order chi connectivity index (χ1) is 5.64. The lowest BCUT2D eigenvalue weighted by Crippen LogP contribution is -2.11. The Morgan fingerprint density at radius 3 is 2.33 bits per heavy atom. The molecule has 0 bridgehead atoms. The van der Waals surface area contributed by atoms with E-state index >= 15 is 0 Å². The van der Waals surface area contributed by atoms with Crippen molar-refractivity contribution in [2.45, 2.75) is 23.8 Å². The fourth-order valence-electron chi connectivity index (χ4n) is 1.20. The molecule has 0 saturated heterocycles. The fraction of sp³-hybridized carbons (Fsp3) is 0.400. The highest BCUT2D eigenvalue weighted by molar-refractivity contribution is 6.95. The highest BCUT2D eigenvalue weighted by atomic mass is 35.5. The molecule has 0 aliphatic heterocycles. The molecule has 0 saturated carbocycles. The van der Waals surface area contributed by atoms with E-state index in [1.54, 1.807) is 0 Å². The Kier molecular flexibility index (Phi) is 3.88.